The summed E-state index contributed by atoms with van der Waals surface area (Å²) in [4.78, 5) is 16.6. The molecule has 0 aliphatic heterocycles. The van der Waals surface area contributed by atoms with Crippen LogP contribution in [0.3, 0.4) is 0 Å². The smallest absolute Gasteiger partial charge is 0.303 e. The molecule has 0 unspecified atom stereocenters. The molecule has 0 aliphatic carbocycles. The maximum Gasteiger partial charge on any atom is 0.303 e. The van der Waals surface area contributed by atoms with Crippen molar-refractivity contribution in [1.29, 1.82) is 0 Å². The number of hydrogen-bond donors (Lipinski definition) is 0. The molecule has 3 aromatic carbocycles. The first-order chi connectivity index (χ1) is 29.3. The number of methoxy groups -OCH3 is 2. The number of carbonyl (C=O) groups is 1. The van der Waals surface area contributed by atoms with E-state index >= 15 is 0 Å². The predicted octanol–water partition coefficient (Wildman–Crippen LogP) is 11.3. The highest BCUT2D eigenvalue weighted by molar-refractivity contribution is 7.09. The standard InChI is InChI=1S/C52H75NO6SSi2/c1-38(28-20-15-16-27-35-47(57-42(5)54)39(2)36-43-37-60-41(4)53-43)48(58-61(13,14)51(6,7)8)40(3)49(52(9,10)50(55-11)56-12)59-62(44-29-21-17-22-30-44,45-31-23-18-24-32-45)46-33-25-19-26-34-46/h16-19,21-27,29-34,36-38,40,47-50H,15,20,28,35H2,1-14H3/b27-16-,39-36+/t38-,40+,47-,48-,49+/m0/s1. The minimum Gasteiger partial charge on any atom is -0.458 e. The van der Waals surface area contributed by atoms with Gasteiger partial charge in [0, 0.05) is 44.3 Å². The number of hydrogen-bond acceptors (Lipinski definition) is 8. The fourth-order valence-electron chi connectivity index (χ4n) is 8.48. The summed E-state index contributed by atoms with van der Waals surface area (Å²) in [7, 11) is -2.04. The second kappa shape index (κ2) is 22.9. The maximum atomic E-state index is 12.1. The quantitative estimate of drug-likeness (QED) is 0.0183. The summed E-state index contributed by atoms with van der Waals surface area (Å²) in [6.45, 7) is 26.3. The van der Waals surface area contributed by atoms with Crippen LogP contribution in [0.25, 0.3) is 6.08 Å². The summed E-state index contributed by atoms with van der Waals surface area (Å²) in [5, 5.41) is 6.58. The zero-order valence-electron chi connectivity index (χ0n) is 40.1. The van der Waals surface area contributed by atoms with Crippen LogP contribution >= 0.6 is 11.3 Å². The van der Waals surface area contributed by atoms with Gasteiger partial charge in [-0.15, -0.1) is 11.3 Å². The van der Waals surface area contributed by atoms with Crippen LogP contribution in [-0.4, -0.2) is 66.4 Å². The molecule has 0 radical (unpaired) electrons. The van der Waals surface area contributed by atoms with Gasteiger partial charge in [0.1, 0.15) is 6.10 Å². The van der Waals surface area contributed by atoms with Gasteiger partial charge in [-0.05, 0) is 84.4 Å². The first-order valence-corrected chi connectivity index (χ1v) is 28.0. The minimum atomic E-state index is -3.20. The van der Waals surface area contributed by atoms with Crippen molar-refractivity contribution in [2.24, 2.45) is 17.3 Å². The van der Waals surface area contributed by atoms with Gasteiger partial charge in [0.25, 0.3) is 8.32 Å². The summed E-state index contributed by atoms with van der Waals surface area (Å²) in [5.74, 6) is -0.147. The number of thiazole rings is 1. The summed E-state index contributed by atoms with van der Waals surface area (Å²) in [6, 6.07) is 32.4. The van der Waals surface area contributed by atoms with Crippen LogP contribution < -0.4 is 15.6 Å². The highest BCUT2D eigenvalue weighted by Gasteiger charge is 2.53. The Hall–Kier alpha value is -3.49. The van der Waals surface area contributed by atoms with E-state index in [-0.39, 0.29) is 41.2 Å². The Morgan fingerprint density at radius 1 is 0.790 bits per heavy atom. The number of aromatic nitrogens is 1. The number of benzene rings is 3. The predicted molar refractivity (Wildman–Crippen MR) is 265 cm³/mol. The molecule has 1 heterocycles. The van der Waals surface area contributed by atoms with E-state index in [9.17, 15) is 4.79 Å². The third-order valence-corrected chi connectivity index (χ3v) is 22.1. The Balaban J connectivity index is 1.73. The number of esters is 1. The van der Waals surface area contributed by atoms with Gasteiger partial charge >= 0.3 is 5.97 Å². The lowest BCUT2D eigenvalue weighted by Gasteiger charge is -2.51. The van der Waals surface area contributed by atoms with Crippen LogP contribution in [-0.2, 0) is 27.9 Å². The topological polar surface area (TPSA) is 76.1 Å². The molecule has 1 aromatic heterocycles. The molecule has 338 valence electrons. The molecule has 0 saturated carbocycles. The molecule has 0 bridgehead atoms. The van der Waals surface area contributed by atoms with E-state index in [4.69, 9.17) is 23.1 Å². The first-order valence-electron chi connectivity index (χ1n) is 22.3. The Morgan fingerprint density at radius 2 is 1.31 bits per heavy atom. The van der Waals surface area contributed by atoms with Gasteiger partial charge in [0.15, 0.2) is 14.6 Å². The van der Waals surface area contributed by atoms with Crippen LogP contribution in [0.4, 0.5) is 0 Å². The van der Waals surface area contributed by atoms with Gasteiger partial charge < -0.3 is 23.1 Å². The number of rotatable bonds is 23. The SMILES string of the molecule is COC(OC)C(C)(C)[C@H](O[Si](c1ccccc1)(c1ccccc1)c1ccccc1)[C@H](C)[C@@H](O[Si](C)(C)C(C)(C)C)[C@@H](C)CCC/C=C\C[C@H](OC(C)=O)/C(C)=C/c1csc(C)n1. The van der Waals surface area contributed by atoms with E-state index in [0.29, 0.717) is 6.42 Å². The Labute approximate surface area is 380 Å². The van der Waals surface area contributed by atoms with Crippen LogP contribution in [0.5, 0.6) is 0 Å². The summed E-state index contributed by atoms with van der Waals surface area (Å²) >= 11 is 1.61. The number of aryl methyl sites for hydroxylation is 1. The average Bonchev–Trinajstić information content (AvgIpc) is 3.65. The Kier molecular flexibility index (Phi) is 18.9. The summed E-state index contributed by atoms with van der Waals surface area (Å²) in [6.07, 6.45) is 8.49. The largest absolute Gasteiger partial charge is 0.458 e. The minimum absolute atomic E-state index is 0.000889. The van der Waals surface area contributed by atoms with Crippen molar-refractivity contribution in [3.05, 3.63) is 125 Å². The lowest BCUT2D eigenvalue weighted by molar-refractivity contribution is -0.206. The Morgan fingerprint density at radius 3 is 1.74 bits per heavy atom. The van der Waals surface area contributed by atoms with Gasteiger partial charge in [-0.1, -0.05) is 152 Å². The molecule has 0 amide bonds. The molecule has 62 heavy (non-hydrogen) atoms. The molecule has 4 rings (SSSR count). The van der Waals surface area contributed by atoms with Crippen molar-refractivity contribution in [2.75, 3.05) is 14.2 Å². The average molecular weight is 898 g/mol. The highest BCUT2D eigenvalue weighted by atomic mass is 32.1. The number of ether oxygens (including phenoxy) is 3. The molecule has 5 atom stereocenters. The zero-order valence-corrected chi connectivity index (χ0v) is 42.9. The van der Waals surface area contributed by atoms with Crippen molar-refractivity contribution in [3.63, 3.8) is 0 Å². The highest BCUT2D eigenvalue weighted by Crippen LogP contribution is 2.44. The van der Waals surface area contributed by atoms with Crippen LogP contribution in [0, 0.1) is 24.2 Å². The number of allylic oxidation sites excluding steroid dienone is 1. The van der Waals surface area contributed by atoms with Gasteiger partial charge in [0.2, 0.25) is 0 Å². The second-order valence-electron chi connectivity index (χ2n) is 19.0. The van der Waals surface area contributed by atoms with Gasteiger partial charge in [0.05, 0.1) is 22.9 Å². The maximum absolute atomic E-state index is 12.1. The lowest BCUT2D eigenvalue weighted by Crippen LogP contribution is -2.72. The molecule has 0 N–H and O–H groups in total. The number of unbranched alkanes of at least 4 members (excludes halogenated alkanes) is 1. The van der Waals surface area contributed by atoms with Crippen molar-refractivity contribution in [3.8, 4) is 0 Å². The van der Waals surface area contributed by atoms with E-state index in [1.54, 1.807) is 25.6 Å². The van der Waals surface area contributed by atoms with Crippen LogP contribution in [0.1, 0.15) is 98.7 Å². The van der Waals surface area contributed by atoms with E-state index in [2.05, 4.69) is 170 Å². The first kappa shape index (κ1) is 51.2. The molecular weight excluding hydrogens is 823 g/mol. The van der Waals surface area contributed by atoms with Crippen molar-refractivity contribution >= 4 is 55.6 Å². The number of nitrogens with zero attached hydrogens (tertiary/aromatic N) is 1. The normalized spacial score (nSPS) is 15.7. The van der Waals surface area contributed by atoms with Crippen molar-refractivity contribution in [1.82, 2.24) is 4.98 Å². The van der Waals surface area contributed by atoms with Crippen LogP contribution in [0.2, 0.25) is 18.1 Å². The second-order valence-corrected chi connectivity index (χ2v) is 28.2. The summed E-state index contributed by atoms with van der Waals surface area (Å²) in [5.41, 5.74) is 1.26. The summed E-state index contributed by atoms with van der Waals surface area (Å²) < 4.78 is 33.8. The van der Waals surface area contributed by atoms with Gasteiger partial charge in [-0.2, -0.15) is 0 Å². The van der Waals surface area contributed by atoms with Crippen LogP contribution in [0.15, 0.2) is 114 Å². The fourth-order valence-corrected chi connectivity index (χ4v) is 14.8. The molecule has 10 heteroatoms. The third-order valence-electron chi connectivity index (χ3n) is 12.8. The molecule has 0 spiro atoms. The molecule has 7 nitrogen and oxygen atoms in total. The Bertz CT molecular complexity index is 1910. The van der Waals surface area contributed by atoms with Gasteiger partial charge in [-0.3, -0.25) is 4.79 Å². The monoisotopic (exact) mass is 897 g/mol. The molecule has 0 saturated heterocycles. The third kappa shape index (κ3) is 13.1. The lowest BCUT2D eigenvalue weighted by atomic mass is 9.75. The van der Waals surface area contributed by atoms with E-state index < -0.39 is 28.3 Å². The van der Waals surface area contributed by atoms with Crippen molar-refractivity contribution in [2.45, 2.75) is 138 Å². The number of carbonyl (C=O) groups excluding carboxylic acids is 1. The molecular formula is C52H75NO6SSi2. The van der Waals surface area contributed by atoms with Gasteiger partial charge in [-0.25, -0.2) is 4.98 Å². The van der Waals surface area contributed by atoms with E-state index in [1.165, 1.54) is 22.5 Å². The van der Waals surface area contributed by atoms with E-state index in [1.807, 2.05) is 25.3 Å². The molecule has 0 fully saturated rings. The molecule has 4 aromatic rings. The van der Waals surface area contributed by atoms with Crippen molar-refractivity contribution < 1.29 is 27.9 Å². The zero-order chi connectivity index (χ0) is 45.7. The molecule has 0 aliphatic rings. The van der Waals surface area contributed by atoms with E-state index in [0.717, 1.165) is 35.5 Å². The fraction of sp³-hybridized carbons (Fsp3) is 0.500.